The van der Waals surface area contributed by atoms with Gasteiger partial charge in [0.15, 0.2) is 6.61 Å². The Bertz CT molecular complexity index is 158. The lowest BCUT2D eigenvalue weighted by molar-refractivity contribution is 0.159. The van der Waals surface area contributed by atoms with Gasteiger partial charge in [0, 0.05) is 6.54 Å². The molecule has 0 rings (SSSR count). The lowest BCUT2D eigenvalue weighted by Crippen LogP contribution is -2.28. The number of alkyl carbamates (subject to hydrolysis) is 1. The van der Waals surface area contributed by atoms with Crippen molar-refractivity contribution in [1.82, 2.24) is 5.32 Å². The van der Waals surface area contributed by atoms with Gasteiger partial charge in [0.1, 0.15) is 0 Å². The van der Waals surface area contributed by atoms with E-state index in [9.17, 15) is 4.79 Å². The highest BCUT2D eigenvalue weighted by atomic mass is 16.5. The predicted molar refractivity (Wildman–Crippen MR) is 43.0 cm³/mol. The fraction of sp³-hybridized carbons (Fsp3) is 0.625. The summed E-state index contributed by atoms with van der Waals surface area (Å²) >= 11 is 0. The summed E-state index contributed by atoms with van der Waals surface area (Å²) in [6.07, 6.45) is 4.43. The summed E-state index contributed by atoms with van der Waals surface area (Å²) in [6.45, 7) is 4.65. The van der Waals surface area contributed by atoms with E-state index in [1.807, 2.05) is 13.8 Å². The van der Waals surface area contributed by atoms with Crippen molar-refractivity contribution in [3.8, 4) is 12.3 Å². The molecule has 1 amide bonds. The van der Waals surface area contributed by atoms with Crippen molar-refractivity contribution < 1.29 is 9.53 Å². The molecule has 0 saturated heterocycles. The van der Waals surface area contributed by atoms with E-state index in [-0.39, 0.29) is 6.61 Å². The minimum atomic E-state index is -0.448. The SMILES string of the molecule is C#CCOC(=O)NCC(C)C. The Morgan fingerprint density at radius 3 is 2.82 bits per heavy atom. The maximum absolute atomic E-state index is 10.7. The van der Waals surface area contributed by atoms with E-state index in [2.05, 4.69) is 16.0 Å². The number of terminal acetylenes is 1. The van der Waals surface area contributed by atoms with Gasteiger partial charge in [-0.3, -0.25) is 0 Å². The molecule has 0 aromatic rings. The second-order valence-electron chi connectivity index (χ2n) is 2.56. The zero-order valence-corrected chi connectivity index (χ0v) is 6.89. The van der Waals surface area contributed by atoms with Gasteiger partial charge in [0.2, 0.25) is 0 Å². The number of hydrogen-bond donors (Lipinski definition) is 1. The van der Waals surface area contributed by atoms with Crippen molar-refractivity contribution >= 4 is 6.09 Å². The van der Waals surface area contributed by atoms with Crippen LogP contribution in [-0.2, 0) is 4.74 Å². The van der Waals surface area contributed by atoms with E-state index < -0.39 is 6.09 Å². The van der Waals surface area contributed by atoms with Gasteiger partial charge >= 0.3 is 6.09 Å². The highest BCUT2D eigenvalue weighted by Crippen LogP contribution is 1.87. The predicted octanol–water partition coefficient (Wildman–Crippen LogP) is 1.00. The van der Waals surface area contributed by atoms with Crippen molar-refractivity contribution in [2.75, 3.05) is 13.2 Å². The summed E-state index contributed by atoms with van der Waals surface area (Å²) in [5.74, 6) is 2.63. The molecule has 0 saturated carbocycles. The average molecular weight is 155 g/mol. The third-order valence-electron chi connectivity index (χ3n) is 0.941. The summed E-state index contributed by atoms with van der Waals surface area (Å²) in [6, 6.07) is 0. The first-order valence-electron chi connectivity index (χ1n) is 3.51. The topological polar surface area (TPSA) is 38.3 Å². The van der Waals surface area contributed by atoms with Crippen molar-refractivity contribution in [3.63, 3.8) is 0 Å². The summed E-state index contributed by atoms with van der Waals surface area (Å²) < 4.78 is 4.56. The van der Waals surface area contributed by atoms with Gasteiger partial charge < -0.3 is 10.1 Å². The Balaban J connectivity index is 3.32. The minimum Gasteiger partial charge on any atom is -0.436 e. The molecule has 11 heavy (non-hydrogen) atoms. The van der Waals surface area contributed by atoms with Crippen LogP contribution in [0, 0.1) is 18.3 Å². The van der Waals surface area contributed by atoms with Gasteiger partial charge in [0.25, 0.3) is 0 Å². The molecule has 0 aromatic carbocycles. The quantitative estimate of drug-likeness (QED) is 0.617. The van der Waals surface area contributed by atoms with Crippen LogP contribution in [0.25, 0.3) is 0 Å². The van der Waals surface area contributed by atoms with Crippen LogP contribution >= 0.6 is 0 Å². The lowest BCUT2D eigenvalue weighted by Gasteiger charge is -2.06. The van der Waals surface area contributed by atoms with Crippen LogP contribution < -0.4 is 5.32 Å². The van der Waals surface area contributed by atoms with Gasteiger partial charge in [-0.1, -0.05) is 19.8 Å². The van der Waals surface area contributed by atoms with Gasteiger partial charge in [-0.05, 0) is 5.92 Å². The molecule has 0 bridgehead atoms. The van der Waals surface area contributed by atoms with Crippen LogP contribution in [0.15, 0.2) is 0 Å². The van der Waals surface area contributed by atoms with E-state index in [1.165, 1.54) is 0 Å². The van der Waals surface area contributed by atoms with E-state index in [1.54, 1.807) is 0 Å². The second-order valence-corrected chi connectivity index (χ2v) is 2.56. The zero-order valence-electron chi connectivity index (χ0n) is 6.89. The fourth-order valence-corrected chi connectivity index (χ4v) is 0.446. The summed E-state index contributed by atoms with van der Waals surface area (Å²) in [7, 11) is 0. The number of amides is 1. The van der Waals surface area contributed by atoms with Crippen LogP contribution in [0.3, 0.4) is 0 Å². The molecule has 0 aliphatic heterocycles. The number of ether oxygens (including phenoxy) is 1. The van der Waals surface area contributed by atoms with Crippen molar-refractivity contribution in [1.29, 1.82) is 0 Å². The zero-order chi connectivity index (χ0) is 8.69. The van der Waals surface area contributed by atoms with E-state index in [0.29, 0.717) is 12.5 Å². The number of rotatable bonds is 3. The molecule has 0 atom stereocenters. The van der Waals surface area contributed by atoms with Crippen LogP contribution in [0.1, 0.15) is 13.8 Å². The van der Waals surface area contributed by atoms with E-state index >= 15 is 0 Å². The molecular weight excluding hydrogens is 142 g/mol. The number of hydrogen-bond acceptors (Lipinski definition) is 2. The number of nitrogens with one attached hydrogen (secondary N) is 1. The largest absolute Gasteiger partial charge is 0.436 e. The first-order chi connectivity index (χ1) is 5.16. The van der Waals surface area contributed by atoms with Gasteiger partial charge in [0.05, 0.1) is 0 Å². The molecule has 1 N–H and O–H groups in total. The van der Waals surface area contributed by atoms with Crippen LogP contribution in [0.5, 0.6) is 0 Å². The third kappa shape index (κ3) is 6.72. The molecule has 3 nitrogen and oxygen atoms in total. The standard InChI is InChI=1S/C8H13NO2/c1-4-5-11-8(10)9-6-7(2)3/h1,7H,5-6H2,2-3H3,(H,9,10). The lowest BCUT2D eigenvalue weighted by atomic mass is 10.2. The molecule has 0 unspecified atom stereocenters. The van der Waals surface area contributed by atoms with Crippen LogP contribution in [0.2, 0.25) is 0 Å². The van der Waals surface area contributed by atoms with Gasteiger partial charge in [-0.2, -0.15) is 0 Å². The number of carbonyl (C=O) groups excluding carboxylic acids is 1. The fourth-order valence-electron chi connectivity index (χ4n) is 0.446. The normalized spacial score (nSPS) is 8.91. The van der Waals surface area contributed by atoms with Gasteiger partial charge in [-0.25, -0.2) is 4.79 Å². The molecule has 0 aliphatic rings. The molecular formula is C8H13NO2. The Hall–Kier alpha value is -1.17. The molecule has 0 aliphatic carbocycles. The summed E-state index contributed by atoms with van der Waals surface area (Å²) in [5, 5.41) is 2.56. The maximum atomic E-state index is 10.7. The maximum Gasteiger partial charge on any atom is 0.408 e. The minimum absolute atomic E-state index is 0.0317. The number of carbonyl (C=O) groups is 1. The third-order valence-corrected chi connectivity index (χ3v) is 0.941. The summed E-state index contributed by atoms with van der Waals surface area (Å²) in [5.41, 5.74) is 0. The van der Waals surface area contributed by atoms with Crippen LogP contribution in [0.4, 0.5) is 4.79 Å². The Labute approximate surface area is 67.1 Å². The molecule has 0 fully saturated rings. The highest BCUT2D eigenvalue weighted by Gasteiger charge is 2.00. The average Bonchev–Trinajstić information content (AvgIpc) is 1.97. The first kappa shape index (κ1) is 9.83. The second kappa shape index (κ2) is 5.60. The first-order valence-corrected chi connectivity index (χ1v) is 3.51. The molecule has 0 radical (unpaired) electrons. The van der Waals surface area contributed by atoms with Crippen molar-refractivity contribution in [2.24, 2.45) is 5.92 Å². The smallest absolute Gasteiger partial charge is 0.408 e. The molecule has 3 heteroatoms. The Morgan fingerprint density at radius 1 is 1.73 bits per heavy atom. The van der Waals surface area contributed by atoms with Crippen LogP contribution in [-0.4, -0.2) is 19.2 Å². The van der Waals surface area contributed by atoms with Gasteiger partial charge in [-0.15, -0.1) is 6.42 Å². The summed E-state index contributed by atoms with van der Waals surface area (Å²) in [4.78, 5) is 10.7. The molecule has 0 spiro atoms. The Kier molecular flexibility index (Phi) is 5.01. The Morgan fingerprint density at radius 2 is 2.36 bits per heavy atom. The highest BCUT2D eigenvalue weighted by molar-refractivity contribution is 5.67. The molecule has 0 aromatic heterocycles. The van der Waals surface area contributed by atoms with E-state index in [4.69, 9.17) is 6.42 Å². The van der Waals surface area contributed by atoms with E-state index in [0.717, 1.165) is 0 Å². The van der Waals surface area contributed by atoms with Crippen molar-refractivity contribution in [3.05, 3.63) is 0 Å². The molecule has 0 heterocycles. The van der Waals surface area contributed by atoms with Crippen molar-refractivity contribution in [2.45, 2.75) is 13.8 Å². The monoisotopic (exact) mass is 155 g/mol. The molecule has 62 valence electrons.